The van der Waals surface area contributed by atoms with Crippen LogP contribution in [-0.4, -0.2) is 22.2 Å². The van der Waals surface area contributed by atoms with Crippen LogP contribution in [-0.2, 0) is 13.5 Å². The van der Waals surface area contributed by atoms with E-state index >= 15 is 0 Å². The van der Waals surface area contributed by atoms with Crippen molar-refractivity contribution in [2.75, 3.05) is 6.54 Å². The normalized spacial score (nSPS) is 10.5. The first-order valence-corrected chi connectivity index (χ1v) is 7.05. The number of hydrogen-bond donors (Lipinski definition) is 2. The molecule has 4 nitrogen and oxygen atoms in total. The van der Waals surface area contributed by atoms with Gasteiger partial charge in [-0.05, 0) is 24.3 Å². The van der Waals surface area contributed by atoms with Crippen LogP contribution in [0.15, 0.2) is 39.8 Å². The van der Waals surface area contributed by atoms with Crippen LogP contribution in [0.3, 0.4) is 0 Å². The van der Waals surface area contributed by atoms with Crippen molar-refractivity contribution in [1.82, 2.24) is 15.1 Å². The highest BCUT2D eigenvalue weighted by atomic mass is 79.9. The molecule has 0 unspecified atom stereocenters. The number of benzene rings is 1. The predicted molar refractivity (Wildman–Crippen MR) is 80.6 cm³/mol. The number of nitrogens with one attached hydrogen (secondary N) is 1. The Kier molecular flexibility index (Phi) is 4.66. The molecule has 0 spiro atoms. The average molecular weight is 340 g/mol. The van der Waals surface area contributed by atoms with Crippen molar-refractivity contribution in [2.45, 2.75) is 11.3 Å². The highest BCUT2D eigenvalue weighted by Crippen LogP contribution is 2.19. The van der Waals surface area contributed by atoms with E-state index in [4.69, 9.17) is 0 Å². The fourth-order valence-electron chi connectivity index (χ4n) is 1.74. The third-order valence-corrected chi connectivity index (χ3v) is 3.66. The zero-order valence-corrected chi connectivity index (χ0v) is 12.9. The van der Waals surface area contributed by atoms with Gasteiger partial charge in [-0.2, -0.15) is 5.10 Å². The molecule has 19 heavy (non-hydrogen) atoms. The average Bonchev–Trinajstić information content (AvgIpc) is 2.75. The van der Waals surface area contributed by atoms with E-state index in [1.807, 2.05) is 19.2 Å². The number of halogens is 1. The largest absolute Gasteiger partial charge is 0.352 e. The summed E-state index contributed by atoms with van der Waals surface area (Å²) in [6, 6.07) is 7.33. The molecule has 1 heterocycles. The fraction of sp³-hybridized carbons (Fsp3) is 0.231. The van der Waals surface area contributed by atoms with Crippen LogP contribution in [0.4, 0.5) is 0 Å². The van der Waals surface area contributed by atoms with E-state index in [0.717, 1.165) is 16.6 Å². The number of hydrogen-bond acceptors (Lipinski definition) is 3. The third kappa shape index (κ3) is 3.61. The Labute approximate surface area is 125 Å². The molecule has 0 fully saturated rings. The Bertz CT molecular complexity index is 597. The Morgan fingerprint density at radius 1 is 1.47 bits per heavy atom. The van der Waals surface area contributed by atoms with Crippen molar-refractivity contribution in [3.63, 3.8) is 0 Å². The van der Waals surface area contributed by atoms with Crippen molar-refractivity contribution in [3.8, 4) is 0 Å². The number of thiol groups is 1. The van der Waals surface area contributed by atoms with Crippen LogP contribution < -0.4 is 5.32 Å². The molecule has 0 aliphatic carbocycles. The van der Waals surface area contributed by atoms with Crippen molar-refractivity contribution < 1.29 is 4.79 Å². The van der Waals surface area contributed by atoms with E-state index in [1.165, 1.54) is 0 Å². The molecule has 2 aromatic rings. The number of amides is 1. The summed E-state index contributed by atoms with van der Waals surface area (Å²) in [7, 11) is 1.89. The maximum atomic E-state index is 12.0. The first-order chi connectivity index (χ1) is 9.08. The fourth-order valence-corrected chi connectivity index (χ4v) is 2.60. The van der Waals surface area contributed by atoms with Gasteiger partial charge in [-0.3, -0.25) is 9.48 Å². The molecule has 0 aliphatic rings. The van der Waals surface area contributed by atoms with Gasteiger partial charge in [0.2, 0.25) is 0 Å². The van der Waals surface area contributed by atoms with Crippen molar-refractivity contribution in [1.29, 1.82) is 0 Å². The van der Waals surface area contributed by atoms with Crippen molar-refractivity contribution >= 4 is 34.5 Å². The van der Waals surface area contributed by atoms with Gasteiger partial charge in [0.1, 0.15) is 0 Å². The molecule has 0 atom stereocenters. The van der Waals surface area contributed by atoms with Gasteiger partial charge in [-0.1, -0.05) is 15.9 Å². The minimum atomic E-state index is -0.111. The second kappa shape index (κ2) is 6.25. The minimum absolute atomic E-state index is 0.111. The van der Waals surface area contributed by atoms with E-state index in [2.05, 4.69) is 39.0 Å². The number of carbonyl (C=O) groups excluding carboxylic acids is 1. The zero-order chi connectivity index (χ0) is 13.8. The van der Waals surface area contributed by atoms with Gasteiger partial charge >= 0.3 is 0 Å². The Morgan fingerprint density at radius 2 is 2.26 bits per heavy atom. The molecule has 1 aromatic carbocycles. The van der Waals surface area contributed by atoms with E-state index in [9.17, 15) is 4.79 Å². The van der Waals surface area contributed by atoms with Gasteiger partial charge in [-0.25, -0.2) is 0 Å². The first kappa shape index (κ1) is 14.1. The molecule has 0 saturated carbocycles. The lowest BCUT2D eigenvalue weighted by molar-refractivity contribution is 0.0951. The SMILES string of the molecule is Cn1nccc1CCNC(=O)c1ccc(Br)cc1S. The first-order valence-electron chi connectivity index (χ1n) is 5.81. The summed E-state index contributed by atoms with van der Waals surface area (Å²) in [5.74, 6) is -0.111. The Morgan fingerprint density at radius 3 is 2.89 bits per heavy atom. The molecule has 0 saturated heterocycles. The Balaban J connectivity index is 1.93. The van der Waals surface area contributed by atoms with Crippen molar-refractivity contribution in [2.24, 2.45) is 7.05 Å². The van der Waals surface area contributed by atoms with Gasteiger partial charge in [0.15, 0.2) is 0 Å². The number of carbonyl (C=O) groups is 1. The molecule has 6 heteroatoms. The highest BCUT2D eigenvalue weighted by molar-refractivity contribution is 9.10. The molecule has 1 N–H and O–H groups in total. The quantitative estimate of drug-likeness (QED) is 0.840. The number of aromatic nitrogens is 2. The van der Waals surface area contributed by atoms with Gasteiger partial charge < -0.3 is 5.32 Å². The molecule has 100 valence electrons. The lowest BCUT2D eigenvalue weighted by atomic mass is 10.2. The monoisotopic (exact) mass is 339 g/mol. The van der Waals surface area contributed by atoms with Crippen LogP contribution in [0.1, 0.15) is 16.1 Å². The molecule has 2 rings (SSSR count). The Hall–Kier alpha value is -1.27. The summed E-state index contributed by atoms with van der Waals surface area (Å²) in [6.45, 7) is 0.571. The zero-order valence-electron chi connectivity index (χ0n) is 10.4. The molecule has 1 aromatic heterocycles. The van der Waals surface area contributed by atoms with Gasteiger partial charge in [0.25, 0.3) is 5.91 Å². The van der Waals surface area contributed by atoms with Gasteiger partial charge in [0, 0.05) is 41.3 Å². The van der Waals surface area contributed by atoms with Crippen molar-refractivity contribution in [3.05, 3.63) is 46.2 Å². The summed E-state index contributed by atoms with van der Waals surface area (Å²) in [5, 5.41) is 6.96. The number of rotatable bonds is 4. The number of aryl methyl sites for hydroxylation is 1. The maximum Gasteiger partial charge on any atom is 0.252 e. The van der Waals surface area contributed by atoms with E-state index in [0.29, 0.717) is 17.0 Å². The molecule has 1 amide bonds. The molecular formula is C13H14BrN3OS. The predicted octanol–water partition coefficient (Wildman–Crippen LogP) is 2.44. The summed E-state index contributed by atoms with van der Waals surface area (Å²) >= 11 is 7.64. The van der Waals surface area contributed by atoms with Gasteiger partial charge in [0.05, 0.1) is 5.56 Å². The van der Waals surface area contributed by atoms with Crippen LogP contribution in [0.25, 0.3) is 0 Å². The standard InChI is InChI=1S/C13H14BrN3OS/c1-17-10(5-7-16-17)4-6-15-13(18)11-3-2-9(14)8-12(11)19/h2-3,5,7-8,19H,4,6H2,1H3,(H,15,18). The lowest BCUT2D eigenvalue weighted by Crippen LogP contribution is -2.26. The van der Waals surface area contributed by atoms with Crippen LogP contribution in [0, 0.1) is 0 Å². The molecule has 0 radical (unpaired) electrons. The molecule has 0 aliphatic heterocycles. The summed E-state index contributed by atoms with van der Waals surface area (Å²) < 4.78 is 2.71. The van der Waals surface area contributed by atoms with E-state index < -0.39 is 0 Å². The smallest absolute Gasteiger partial charge is 0.252 e. The second-order valence-corrected chi connectivity index (χ2v) is 5.51. The van der Waals surface area contributed by atoms with E-state index in [1.54, 1.807) is 23.0 Å². The summed E-state index contributed by atoms with van der Waals surface area (Å²) in [4.78, 5) is 12.7. The topological polar surface area (TPSA) is 46.9 Å². The lowest BCUT2D eigenvalue weighted by Gasteiger charge is -2.07. The highest BCUT2D eigenvalue weighted by Gasteiger charge is 2.09. The maximum absolute atomic E-state index is 12.0. The summed E-state index contributed by atoms with van der Waals surface area (Å²) in [6.07, 6.45) is 2.50. The van der Waals surface area contributed by atoms with Crippen LogP contribution in [0.5, 0.6) is 0 Å². The van der Waals surface area contributed by atoms with Crippen LogP contribution in [0.2, 0.25) is 0 Å². The van der Waals surface area contributed by atoms with Gasteiger partial charge in [-0.15, -0.1) is 12.6 Å². The van der Waals surface area contributed by atoms with Crippen LogP contribution >= 0.6 is 28.6 Å². The molecule has 0 bridgehead atoms. The summed E-state index contributed by atoms with van der Waals surface area (Å²) in [5.41, 5.74) is 1.67. The third-order valence-electron chi connectivity index (χ3n) is 2.79. The minimum Gasteiger partial charge on any atom is -0.352 e. The van der Waals surface area contributed by atoms with E-state index in [-0.39, 0.29) is 5.91 Å². The molecular weight excluding hydrogens is 326 g/mol. The second-order valence-electron chi connectivity index (χ2n) is 4.11. The number of nitrogens with zero attached hydrogens (tertiary/aromatic N) is 2.